The number of hydrogen-bond acceptors (Lipinski definition) is 4. The summed E-state index contributed by atoms with van der Waals surface area (Å²) in [4.78, 5) is 33.7. The molecule has 2 atom stereocenters. The zero-order valence-corrected chi connectivity index (χ0v) is 10.5. The van der Waals surface area contributed by atoms with Crippen LogP contribution in [0.4, 0.5) is 0 Å². The Kier molecular flexibility index (Phi) is 3.55. The molecule has 0 aromatic carbocycles. The van der Waals surface area contributed by atoms with Gasteiger partial charge in [-0.25, -0.2) is 9.97 Å². The largest absolute Gasteiger partial charge is 0.343 e. The fourth-order valence-electron chi connectivity index (χ4n) is 2.07. The first kappa shape index (κ1) is 12.5. The molecule has 0 spiro atoms. The van der Waals surface area contributed by atoms with Crippen molar-refractivity contribution >= 4 is 11.8 Å². The topological polar surface area (TPSA) is 75.2 Å². The first-order valence-corrected chi connectivity index (χ1v) is 6.00. The molecule has 2 heterocycles. The van der Waals surface area contributed by atoms with Crippen molar-refractivity contribution in [3.63, 3.8) is 0 Å². The summed E-state index contributed by atoms with van der Waals surface area (Å²) in [6, 6.07) is 0.801. The van der Waals surface area contributed by atoms with Crippen molar-refractivity contribution in [2.45, 2.75) is 38.9 Å². The molecule has 18 heavy (non-hydrogen) atoms. The van der Waals surface area contributed by atoms with Gasteiger partial charge in [0.15, 0.2) is 0 Å². The third-order valence-corrected chi connectivity index (χ3v) is 3.01. The number of carbonyl (C=O) groups is 2. The summed E-state index contributed by atoms with van der Waals surface area (Å²) in [5.74, 6) is 0.348. The van der Waals surface area contributed by atoms with Crippen LogP contribution in [0.3, 0.4) is 0 Å². The predicted octanol–water partition coefficient (Wildman–Crippen LogP) is 0.102. The molecule has 0 radical (unpaired) electrons. The lowest BCUT2D eigenvalue weighted by molar-refractivity contribution is -0.149. The summed E-state index contributed by atoms with van der Waals surface area (Å²) in [7, 11) is 0. The standard InChI is InChI=1S/C12H16N4O2/c1-3-9-11(17)15-8(2)12(18)16(9)7-10-13-5-4-6-14-10/h4-6,8-9H,3,7H2,1-2H3,(H,15,17). The minimum absolute atomic E-state index is 0.0890. The van der Waals surface area contributed by atoms with E-state index in [4.69, 9.17) is 0 Å². The number of aromatic nitrogens is 2. The molecular formula is C12H16N4O2. The minimum atomic E-state index is -0.482. The smallest absolute Gasteiger partial charge is 0.245 e. The Balaban J connectivity index is 2.21. The third-order valence-electron chi connectivity index (χ3n) is 3.01. The van der Waals surface area contributed by atoms with Crippen LogP contribution in [0.1, 0.15) is 26.1 Å². The maximum atomic E-state index is 12.1. The second kappa shape index (κ2) is 5.12. The van der Waals surface area contributed by atoms with Gasteiger partial charge in [-0.3, -0.25) is 9.59 Å². The number of carbonyl (C=O) groups excluding carboxylic acids is 2. The molecule has 0 saturated carbocycles. The van der Waals surface area contributed by atoms with Crippen molar-refractivity contribution in [2.24, 2.45) is 0 Å². The molecule has 1 aliphatic rings. The number of hydrogen-bond donors (Lipinski definition) is 1. The second-order valence-corrected chi connectivity index (χ2v) is 4.29. The maximum absolute atomic E-state index is 12.1. The van der Waals surface area contributed by atoms with Crippen LogP contribution in [0, 0.1) is 0 Å². The molecule has 1 aliphatic heterocycles. The van der Waals surface area contributed by atoms with Crippen LogP contribution in [-0.2, 0) is 16.1 Å². The van der Waals surface area contributed by atoms with Gasteiger partial charge in [-0.15, -0.1) is 0 Å². The van der Waals surface area contributed by atoms with Gasteiger partial charge in [0, 0.05) is 12.4 Å². The van der Waals surface area contributed by atoms with E-state index in [0.717, 1.165) is 0 Å². The molecule has 0 bridgehead atoms. The average molecular weight is 248 g/mol. The maximum Gasteiger partial charge on any atom is 0.245 e. The molecule has 1 fully saturated rings. The van der Waals surface area contributed by atoms with Crippen LogP contribution in [0.25, 0.3) is 0 Å². The number of rotatable bonds is 3. The van der Waals surface area contributed by atoms with Crippen LogP contribution >= 0.6 is 0 Å². The van der Waals surface area contributed by atoms with Crippen molar-refractivity contribution in [3.8, 4) is 0 Å². The normalized spacial score (nSPS) is 24.0. The minimum Gasteiger partial charge on any atom is -0.343 e. The highest BCUT2D eigenvalue weighted by molar-refractivity contribution is 5.96. The lowest BCUT2D eigenvalue weighted by Crippen LogP contribution is -2.61. The number of nitrogens with one attached hydrogen (secondary N) is 1. The fourth-order valence-corrected chi connectivity index (χ4v) is 2.07. The van der Waals surface area contributed by atoms with Crippen LogP contribution < -0.4 is 5.32 Å². The van der Waals surface area contributed by atoms with Gasteiger partial charge in [0.05, 0.1) is 6.54 Å². The third kappa shape index (κ3) is 2.32. The van der Waals surface area contributed by atoms with E-state index in [1.54, 1.807) is 30.3 Å². The predicted molar refractivity (Wildman–Crippen MR) is 64.3 cm³/mol. The van der Waals surface area contributed by atoms with E-state index in [-0.39, 0.29) is 18.4 Å². The van der Waals surface area contributed by atoms with Crippen molar-refractivity contribution in [3.05, 3.63) is 24.3 Å². The van der Waals surface area contributed by atoms with Gasteiger partial charge in [-0.1, -0.05) is 6.92 Å². The Labute approximate surface area is 105 Å². The summed E-state index contributed by atoms with van der Waals surface area (Å²) in [6.07, 6.45) is 3.83. The van der Waals surface area contributed by atoms with Crippen molar-refractivity contribution < 1.29 is 9.59 Å². The van der Waals surface area contributed by atoms with E-state index in [1.165, 1.54) is 0 Å². The summed E-state index contributed by atoms with van der Waals surface area (Å²) in [6.45, 7) is 3.84. The van der Waals surface area contributed by atoms with Gasteiger partial charge in [0.25, 0.3) is 0 Å². The highest BCUT2D eigenvalue weighted by atomic mass is 16.2. The number of piperazine rings is 1. The van der Waals surface area contributed by atoms with E-state index < -0.39 is 12.1 Å². The molecular weight excluding hydrogens is 232 g/mol. The number of amides is 2. The van der Waals surface area contributed by atoms with E-state index in [9.17, 15) is 9.59 Å². The van der Waals surface area contributed by atoms with E-state index >= 15 is 0 Å². The van der Waals surface area contributed by atoms with Crippen LogP contribution in [0.2, 0.25) is 0 Å². The molecule has 1 aromatic heterocycles. The van der Waals surface area contributed by atoms with Crippen LogP contribution in [0.5, 0.6) is 0 Å². The van der Waals surface area contributed by atoms with Gasteiger partial charge >= 0.3 is 0 Å². The number of nitrogens with zero attached hydrogens (tertiary/aromatic N) is 3. The molecule has 6 heteroatoms. The molecule has 1 saturated heterocycles. The molecule has 0 aliphatic carbocycles. The van der Waals surface area contributed by atoms with Crippen LogP contribution in [0.15, 0.2) is 18.5 Å². The first-order valence-electron chi connectivity index (χ1n) is 6.00. The Morgan fingerprint density at radius 1 is 1.33 bits per heavy atom. The van der Waals surface area contributed by atoms with Crippen molar-refractivity contribution in [1.82, 2.24) is 20.2 Å². The zero-order valence-electron chi connectivity index (χ0n) is 10.5. The summed E-state index contributed by atoms with van der Waals surface area (Å²) in [5, 5.41) is 2.67. The average Bonchev–Trinajstić information content (AvgIpc) is 2.37. The van der Waals surface area contributed by atoms with Gasteiger partial charge in [0.2, 0.25) is 11.8 Å². The van der Waals surface area contributed by atoms with Gasteiger partial charge < -0.3 is 10.2 Å². The van der Waals surface area contributed by atoms with E-state index in [0.29, 0.717) is 12.2 Å². The highest BCUT2D eigenvalue weighted by Crippen LogP contribution is 2.15. The summed E-state index contributed by atoms with van der Waals surface area (Å²) < 4.78 is 0. The van der Waals surface area contributed by atoms with E-state index in [1.807, 2.05) is 6.92 Å². The molecule has 2 amide bonds. The molecule has 2 unspecified atom stereocenters. The van der Waals surface area contributed by atoms with E-state index in [2.05, 4.69) is 15.3 Å². The lowest BCUT2D eigenvalue weighted by Gasteiger charge is -2.37. The SMILES string of the molecule is CCC1C(=O)NC(C)C(=O)N1Cc1ncccn1. The highest BCUT2D eigenvalue weighted by Gasteiger charge is 2.37. The summed E-state index contributed by atoms with van der Waals surface area (Å²) in [5.41, 5.74) is 0. The first-order chi connectivity index (χ1) is 8.63. The van der Waals surface area contributed by atoms with Gasteiger partial charge in [-0.2, -0.15) is 0 Å². The second-order valence-electron chi connectivity index (χ2n) is 4.29. The molecule has 6 nitrogen and oxygen atoms in total. The van der Waals surface area contributed by atoms with Crippen LogP contribution in [-0.4, -0.2) is 38.8 Å². The Morgan fingerprint density at radius 2 is 2.00 bits per heavy atom. The zero-order chi connectivity index (χ0) is 13.1. The molecule has 1 aromatic rings. The monoisotopic (exact) mass is 248 g/mol. The molecule has 96 valence electrons. The quantitative estimate of drug-likeness (QED) is 0.823. The Bertz CT molecular complexity index is 449. The van der Waals surface area contributed by atoms with Gasteiger partial charge in [0.1, 0.15) is 17.9 Å². The fraction of sp³-hybridized carbons (Fsp3) is 0.500. The van der Waals surface area contributed by atoms with Gasteiger partial charge in [-0.05, 0) is 19.4 Å². The summed E-state index contributed by atoms with van der Waals surface area (Å²) >= 11 is 0. The molecule has 2 rings (SSSR count). The molecule has 1 N–H and O–H groups in total. The Morgan fingerprint density at radius 3 is 2.61 bits per heavy atom. The lowest BCUT2D eigenvalue weighted by atomic mass is 10.1. The van der Waals surface area contributed by atoms with Crippen molar-refractivity contribution in [1.29, 1.82) is 0 Å². The van der Waals surface area contributed by atoms with Crippen molar-refractivity contribution in [2.75, 3.05) is 0 Å². The Hall–Kier alpha value is -1.98.